The molecule has 1 aliphatic heterocycles. The molecule has 2 rings (SSSR count). The molecule has 20 heavy (non-hydrogen) atoms. The molecular formula is C16H24N2O2. The maximum atomic E-state index is 12.4. The van der Waals surface area contributed by atoms with Crippen molar-refractivity contribution in [3.05, 3.63) is 24.3 Å². The molecule has 110 valence electrons. The van der Waals surface area contributed by atoms with E-state index in [1.54, 1.807) is 19.1 Å². The van der Waals surface area contributed by atoms with Gasteiger partial charge in [-0.25, -0.2) is 0 Å². The van der Waals surface area contributed by atoms with Gasteiger partial charge in [0.05, 0.1) is 0 Å². The molecule has 1 aromatic rings. The minimum Gasteiger partial charge on any atom is -0.481 e. The molecule has 1 saturated heterocycles. The van der Waals surface area contributed by atoms with Crippen LogP contribution in [0, 0.1) is 11.8 Å². The minimum absolute atomic E-state index is 0.0609. The van der Waals surface area contributed by atoms with Crippen LogP contribution in [0.15, 0.2) is 24.3 Å². The molecule has 4 heteroatoms. The fourth-order valence-electron chi connectivity index (χ4n) is 2.94. The Morgan fingerprint density at radius 3 is 2.60 bits per heavy atom. The zero-order chi connectivity index (χ0) is 14.7. The second-order valence-electron chi connectivity index (χ2n) is 6.02. The summed E-state index contributed by atoms with van der Waals surface area (Å²) in [7, 11) is 0. The van der Waals surface area contributed by atoms with Gasteiger partial charge in [0.1, 0.15) is 5.75 Å². The summed E-state index contributed by atoms with van der Waals surface area (Å²) in [6, 6.07) is 7.19. The number of likely N-dealkylation sites (tertiary alicyclic amines) is 1. The molecule has 2 N–H and O–H groups in total. The first-order valence-electron chi connectivity index (χ1n) is 7.26. The van der Waals surface area contributed by atoms with Gasteiger partial charge in [-0.1, -0.05) is 19.9 Å². The third-order valence-corrected chi connectivity index (χ3v) is 3.70. The van der Waals surface area contributed by atoms with Crippen LogP contribution < -0.4 is 10.5 Å². The molecule has 0 aromatic heterocycles. The summed E-state index contributed by atoms with van der Waals surface area (Å²) in [4.78, 5) is 14.4. The van der Waals surface area contributed by atoms with Gasteiger partial charge < -0.3 is 15.4 Å². The number of nitrogens with zero attached hydrogens (tertiary/aromatic N) is 1. The van der Waals surface area contributed by atoms with Gasteiger partial charge in [-0.3, -0.25) is 4.79 Å². The Hall–Kier alpha value is -1.71. The molecule has 0 saturated carbocycles. The fourth-order valence-corrected chi connectivity index (χ4v) is 2.94. The summed E-state index contributed by atoms with van der Waals surface area (Å²) in [5.41, 5.74) is 6.36. The summed E-state index contributed by atoms with van der Waals surface area (Å²) in [5, 5.41) is 0. The third-order valence-electron chi connectivity index (χ3n) is 3.70. The first-order chi connectivity index (χ1) is 9.45. The van der Waals surface area contributed by atoms with Gasteiger partial charge in [-0.05, 0) is 37.3 Å². The number of carbonyl (C=O) groups excluding carboxylic acids is 1. The molecule has 3 unspecified atom stereocenters. The highest BCUT2D eigenvalue weighted by Gasteiger charge is 2.29. The smallest absolute Gasteiger partial charge is 0.263 e. The summed E-state index contributed by atoms with van der Waals surface area (Å²) in [6.45, 7) is 7.84. The lowest BCUT2D eigenvalue weighted by molar-refractivity contribution is -0.140. The van der Waals surface area contributed by atoms with E-state index >= 15 is 0 Å². The summed E-state index contributed by atoms with van der Waals surface area (Å²) < 4.78 is 5.71. The Morgan fingerprint density at radius 1 is 1.35 bits per heavy atom. The normalized spacial score (nSPS) is 24.2. The summed E-state index contributed by atoms with van der Waals surface area (Å²) >= 11 is 0. The Balaban J connectivity index is 1.98. The first kappa shape index (κ1) is 14.7. The second-order valence-corrected chi connectivity index (χ2v) is 6.02. The number of nitrogens with two attached hydrogens (primary N) is 1. The van der Waals surface area contributed by atoms with Gasteiger partial charge in [0.25, 0.3) is 5.91 Å². The van der Waals surface area contributed by atoms with E-state index in [2.05, 4.69) is 13.8 Å². The van der Waals surface area contributed by atoms with E-state index in [4.69, 9.17) is 10.5 Å². The van der Waals surface area contributed by atoms with E-state index in [1.165, 1.54) is 6.42 Å². The lowest BCUT2D eigenvalue weighted by Gasteiger charge is -2.36. The number of rotatable bonds is 3. The lowest BCUT2D eigenvalue weighted by atomic mass is 9.91. The van der Waals surface area contributed by atoms with Crippen molar-refractivity contribution in [2.75, 3.05) is 18.8 Å². The number of carbonyl (C=O) groups is 1. The number of ether oxygens (including phenoxy) is 1. The van der Waals surface area contributed by atoms with Crippen LogP contribution in [0.25, 0.3) is 0 Å². The van der Waals surface area contributed by atoms with Crippen LogP contribution in [0.5, 0.6) is 5.75 Å². The summed E-state index contributed by atoms with van der Waals surface area (Å²) in [6.07, 6.45) is 0.711. The Morgan fingerprint density at radius 2 is 2.00 bits per heavy atom. The largest absolute Gasteiger partial charge is 0.481 e. The molecule has 1 fully saturated rings. The molecule has 3 atom stereocenters. The van der Waals surface area contributed by atoms with Crippen molar-refractivity contribution in [2.45, 2.75) is 33.3 Å². The van der Waals surface area contributed by atoms with Gasteiger partial charge in [0, 0.05) is 24.8 Å². The average Bonchev–Trinajstić information content (AvgIpc) is 2.36. The Labute approximate surface area is 120 Å². The van der Waals surface area contributed by atoms with Crippen LogP contribution in [-0.4, -0.2) is 30.0 Å². The molecule has 0 aliphatic carbocycles. The number of anilines is 1. The van der Waals surface area contributed by atoms with Crippen molar-refractivity contribution < 1.29 is 9.53 Å². The van der Waals surface area contributed by atoms with Crippen molar-refractivity contribution >= 4 is 11.6 Å². The maximum absolute atomic E-state index is 12.4. The van der Waals surface area contributed by atoms with E-state index in [1.807, 2.05) is 17.0 Å². The predicted molar refractivity (Wildman–Crippen MR) is 80.5 cm³/mol. The van der Waals surface area contributed by atoms with Crippen LogP contribution >= 0.6 is 0 Å². The third kappa shape index (κ3) is 3.65. The van der Waals surface area contributed by atoms with E-state index < -0.39 is 6.10 Å². The van der Waals surface area contributed by atoms with Crippen molar-refractivity contribution in [3.8, 4) is 5.75 Å². The summed E-state index contributed by atoms with van der Waals surface area (Å²) in [5.74, 6) is 1.82. The van der Waals surface area contributed by atoms with E-state index in [0.717, 1.165) is 13.1 Å². The molecule has 0 spiro atoms. The first-order valence-corrected chi connectivity index (χ1v) is 7.26. The maximum Gasteiger partial charge on any atom is 0.263 e. The molecule has 1 aromatic carbocycles. The zero-order valence-electron chi connectivity index (χ0n) is 12.5. The second kappa shape index (κ2) is 6.16. The van der Waals surface area contributed by atoms with Crippen molar-refractivity contribution in [3.63, 3.8) is 0 Å². The van der Waals surface area contributed by atoms with Gasteiger partial charge in [-0.2, -0.15) is 0 Å². The number of hydrogen-bond donors (Lipinski definition) is 1. The highest BCUT2D eigenvalue weighted by molar-refractivity contribution is 5.81. The quantitative estimate of drug-likeness (QED) is 0.863. The van der Waals surface area contributed by atoms with Crippen LogP contribution in [-0.2, 0) is 4.79 Å². The van der Waals surface area contributed by atoms with Crippen molar-refractivity contribution in [1.29, 1.82) is 0 Å². The minimum atomic E-state index is -0.478. The van der Waals surface area contributed by atoms with Crippen molar-refractivity contribution in [1.82, 2.24) is 4.90 Å². The topological polar surface area (TPSA) is 55.6 Å². The zero-order valence-corrected chi connectivity index (χ0v) is 12.5. The van der Waals surface area contributed by atoms with Gasteiger partial charge in [0.15, 0.2) is 6.10 Å². The van der Waals surface area contributed by atoms with E-state index in [9.17, 15) is 4.79 Å². The molecule has 0 bridgehead atoms. The van der Waals surface area contributed by atoms with E-state index in [-0.39, 0.29) is 5.91 Å². The highest BCUT2D eigenvalue weighted by Crippen LogP contribution is 2.22. The number of hydrogen-bond acceptors (Lipinski definition) is 3. The number of benzene rings is 1. The molecule has 0 radical (unpaired) electrons. The monoisotopic (exact) mass is 276 g/mol. The van der Waals surface area contributed by atoms with Crippen molar-refractivity contribution in [2.24, 2.45) is 11.8 Å². The lowest BCUT2D eigenvalue weighted by Crippen LogP contribution is -2.47. The van der Waals surface area contributed by atoms with Gasteiger partial charge in [0.2, 0.25) is 0 Å². The van der Waals surface area contributed by atoms with Crippen LogP contribution in [0.2, 0.25) is 0 Å². The van der Waals surface area contributed by atoms with Crippen LogP contribution in [0.4, 0.5) is 5.69 Å². The fraction of sp³-hybridized carbons (Fsp3) is 0.562. The number of amides is 1. The van der Waals surface area contributed by atoms with E-state index in [0.29, 0.717) is 23.3 Å². The number of piperidine rings is 1. The SMILES string of the molecule is CC1CC(C)CN(C(=O)C(C)Oc2cccc(N)c2)C1. The Kier molecular flexibility index (Phi) is 4.53. The molecular weight excluding hydrogens is 252 g/mol. The number of nitrogen functional groups attached to an aromatic ring is 1. The van der Waals surface area contributed by atoms with Crippen LogP contribution in [0.3, 0.4) is 0 Å². The predicted octanol–water partition coefficient (Wildman–Crippen LogP) is 2.54. The standard InChI is InChI=1S/C16H24N2O2/c1-11-7-12(2)10-18(9-11)16(19)13(3)20-15-6-4-5-14(17)8-15/h4-6,8,11-13H,7,9-10,17H2,1-3H3. The molecule has 1 heterocycles. The molecule has 4 nitrogen and oxygen atoms in total. The van der Waals surface area contributed by atoms with Gasteiger partial charge in [-0.15, -0.1) is 0 Å². The van der Waals surface area contributed by atoms with Crippen LogP contribution in [0.1, 0.15) is 27.2 Å². The molecule has 1 amide bonds. The highest BCUT2D eigenvalue weighted by atomic mass is 16.5. The average molecular weight is 276 g/mol. The van der Waals surface area contributed by atoms with Gasteiger partial charge >= 0.3 is 0 Å². The molecule has 1 aliphatic rings. The Bertz CT molecular complexity index is 465.